The topological polar surface area (TPSA) is 79.8 Å². The number of pyridine rings is 1. The van der Waals surface area contributed by atoms with Crippen molar-refractivity contribution in [3.63, 3.8) is 0 Å². The molecule has 2 N–H and O–H groups in total. The van der Waals surface area contributed by atoms with Crippen molar-refractivity contribution in [2.45, 2.75) is 32.7 Å². The minimum Gasteiger partial charge on any atom is -0.352 e. The van der Waals surface area contributed by atoms with Gasteiger partial charge in [0.05, 0.1) is 17.8 Å². The molecule has 0 aliphatic heterocycles. The molecule has 0 unspecified atom stereocenters. The fourth-order valence-electron chi connectivity index (χ4n) is 1.89. The largest absolute Gasteiger partial charge is 0.352 e. The predicted molar refractivity (Wildman–Crippen MR) is 85.5 cm³/mol. The maximum absolute atomic E-state index is 11.9. The molecule has 6 heteroatoms. The van der Waals surface area contributed by atoms with Crippen molar-refractivity contribution in [1.82, 2.24) is 20.3 Å². The van der Waals surface area contributed by atoms with Crippen LogP contribution in [0, 0.1) is 0 Å². The minimum absolute atomic E-state index is 0.132. The van der Waals surface area contributed by atoms with Gasteiger partial charge in [-0.2, -0.15) is 0 Å². The first kappa shape index (κ1) is 15.9. The molecule has 0 aromatic carbocycles. The number of hydrogen-bond donors (Lipinski definition) is 2. The molecule has 0 bridgehead atoms. The standard InChI is InChI=1S/C16H21N5O/c1-2-3-5-9-18-15(22)13-10-19-16(20-11-13)21-12-14-7-4-6-8-17-14/h4,6-8,10-11H,2-3,5,9,12H2,1H3,(H,18,22)(H,19,20,21). The molecule has 2 rings (SSSR count). The third kappa shape index (κ3) is 5.12. The summed E-state index contributed by atoms with van der Waals surface area (Å²) in [5, 5.41) is 5.93. The van der Waals surface area contributed by atoms with Gasteiger partial charge in [-0.25, -0.2) is 9.97 Å². The Balaban J connectivity index is 1.81. The summed E-state index contributed by atoms with van der Waals surface area (Å²) in [5.41, 5.74) is 1.38. The van der Waals surface area contributed by atoms with E-state index in [0.717, 1.165) is 25.0 Å². The SMILES string of the molecule is CCCCCNC(=O)c1cnc(NCc2ccccn2)nc1. The van der Waals surface area contributed by atoms with Crippen molar-refractivity contribution in [2.75, 3.05) is 11.9 Å². The van der Waals surface area contributed by atoms with Crippen molar-refractivity contribution in [3.05, 3.63) is 48.0 Å². The number of carbonyl (C=O) groups is 1. The molecule has 0 aliphatic rings. The van der Waals surface area contributed by atoms with E-state index in [1.807, 2.05) is 18.2 Å². The number of nitrogens with zero attached hydrogens (tertiary/aromatic N) is 3. The van der Waals surface area contributed by atoms with E-state index in [4.69, 9.17) is 0 Å². The van der Waals surface area contributed by atoms with Crippen LogP contribution in [-0.4, -0.2) is 27.4 Å². The van der Waals surface area contributed by atoms with E-state index in [1.165, 1.54) is 12.4 Å². The fourth-order valence-corrected chi connectivity index (χ4v) is 1.89. The summed E-state index contributed by atoms with van der Waals surface area (Å²) in [6.45, 7) is 3.36. The van der Waals surface area contributed by atoms with E-state index in [0.29, 0.717) is 24.6 Å². The monoisotopic (exact) mass is 299 g/mol. The highest BCUT2D eigenvalue weighted by Crippen LogP contribution is 2.03. The van der Waals surface area contributed by atoms with Crippen LogP contribution in [0.25, 0.3) is 0 Å². The zero-order chi connectivity index (χ0) is 15.6. The highest BCUT2D eigenvalue weighted by Gasteiger charge is 2.06. The Labute approximate surface area is 130 Å². The molecular weight excluding hydrogens is 278 g/mol. The molecule has 0 fully saturated rings. The van der Waals surface area contributed by atoms with Crippen molar-refractivity contribution in [3.8, 4) is 0 Å². The average molecular weight is 299 g/mol. The van der Waals surface area contributed by atoms with Crippen LogP contribution >= 0.6 is 0 Å². The Morgan fingerprint density at radius 1 is 1.14 bits per heavy atom. The average Bonchev–Trinajstić information content (AvgIpc) is 2.58. The lowest BCUT2D eigenvalue weighted by atomic mass is 10.2. The number of aromatic nitrogens is 3. The predicted octanol–water partition coefficient (Wildman–Crippen LogP) is 2.40. The third-order valence-electron chi connectivity index (χ3n) is 3.13. The molecule has 2 aromatic rings. The van der Waals surface area contributed by atoms with Crippen LogP contribution in [0.1, 0.15) is 42.2 Å². The Morgan fingerprint density at radius 2 is 1.95 bits per heavy atom. The molecule has 116 valence electrons. The summed E-state index contributed by atoms with van der Waals surface area (Å²) >= 11 is 0. The van der Waals surface area contributed by atoms with Gasteiger partial charge in [0.15, 0.2) is 0 Å². The lowest BCUT2D eigenvalue weighted by molar-refractivity contribution is 0.0952. The number of hydrogen-bond acceptors (Lipinski definition) is 5. The van der Waals surface area contributed by atoms with Gasteiger partial charge in [-0.3, -0.25) is 9.78 Å². The fraction of sp³-hybridized carbons (Fsp3) is 0.375. The zero-order valence-electron chi connectivity index (χ0n) is 12.7. The van der Waals surface area contributed by atoms with Crippen LogP contribution in [0.5, 0.6) is 0 Å². The third-order valence-corrected chi connectivity index (χ3v) is 3.13. The molecule has 0 atom stereocenters. The van der Waals surface area contributed by atoms with Gasteiger partial charge in [-0.05, 0) is 18.6 Å². The number of amides is 1. The van der Waals surface area contributed by atoms with Gasteiger partial charge in [0.1, 0.15) is 0 Å². The van der Waals surface area contributed by atoms with E-state index in [2.05, 4.69) is 32.5 Å². The molecule has 2 heterocycles. The molecular formula is C16H21N5O. The first-order valence-corrected chi connectivity index (χ1v) is 7.53. The molecule has 1 amide bonds. The Hall–Kier alpha value is -2.50. The molecule has 0 saturated heterocycles. The summed E-state index contributed by atoms with van der Waals surface area (Å²) in [4.78, 5) is 24.4. The van der Waals surface area contributed by atoms with Gasteiger partial charge in [0.2, 0.25) is 5.95 Å². The lowest BCUT2D eigenvalue weighted by Crippen LogP contribution is -2.24. The highest BCUT2D eigenvalue weighted by molar-refractivity contribution is 5.93. The Morgan fingerprint density at radius 3 is 2.64 bits per heavy atom. The first-order valence-electron chi connectivity index (χ1n) is 7.53. The molecule has 0 aliphatic carbocycles. The molecule has 0 saturated carbocycles. The van der Waals surface area contributed by atoms with Crippen LogP contribution in [-0.2, 0) is 6.54 Å². The molecule has 0 radical (unpaired) electrons. The molecule has 6 nitrogen and oxygen atoms in total. The van der Waals surface area contributed by atoms with E-state index in [1.54, 1.807) is 6.20 Å². The molecule has 2 aromatic heterocycles. The number of carbonyl (C=O) groups excluding carboxylic acids is 1. The van der Waals surface area contributed by atoms with Crippen LogP contribution in [0.15, 0.2) is 36.8 Å². The number of anilines is 1. The van der Waals surface area contributed by atoms with Crippen LogP contribution in [0.4, 0.5) is 5.95 Å². The van der Waals surface area contributed by atoms with Crippen molar-refractivity contribution >= 4 is 11.9 Å². The van der Waals surface area contributed by atoms with E-state index < -0.39 is 0 Å². The Kier molecular flexibility index (Phi) is 6.29. The van der Waals surface area contributed by atoms with E-state index >= 15 is 0 Å². The van der Waals surface area contributed by atoms with Gasteiger partial charge in [-0.1, -0.05) is 25.8 Å². The molecule has 22 heavy (non-hydrogen) atoms. The second-order valence-corrected chi connectivity index (χ2v) is 4.93. The van der Waals surface area contributed by atoms with Gasteiger partial charge < -0.3 is 10.6 Å². The normalized spacial score (nSPS) is 10.2. The van der Waals surface area contributed by atoms with Crippen LogP contribution < -0.4 is 10.6 Å². The molecule has 0 spiro atoms. The summed E-state index contributed by atoms with van der Waals surface area (Å²) in [6, 6.07) is 5.72. The maximum atomic E-state index is 11.9. The van der Waals surface area contributed by atoms with Gasteiger partial charge >= 0.3 is 0 Å². The van der Waals surface area contributed by atoms with E-state index in [-0.39, 0.29) is 5.91 Å². The van der Waals surface area contributed by atoms with Crippen molar-refractivity contribution in [2.24, 2.45) is 0 Å². The Bertz CT molecular complexity index is 571. The van der Waals surface area contributed by atoms with Crippen molar-refractivity contribution in [1.29, 1.82) is 0 Å². The van der Waals surface area contributed by atoms with Crippen LogP contribution in [0.3, 0.4) is 0 Å². The van der Waals surface area contributed by atoms with Crippen LogP contribution in [0.2, 0.25) is 0 Å². The lowest BCUT2D eigenvalue weighted by Gasteiger charge is -2.06. The smallest absolute Gasteiger partial charge is 0.254 e. The first-order chi connectivity index (χ1) is 10.8. The summed E-state index contributed by atoms with van der Waals surface area (Å²) in [7, 11) is 0. The quantitative estimate of drug-likeness (QED) is 0.732. The highest BCUT2D eigenvalue weighted by atomic mass is 16.1. The number of unbranched alkanes of at least 4 members (excludes halogenated alkanes) is 2. The minimum atomic E-state index is -0.132. The number of rotatable bonds is 8. The summed E-state index contributed by atoms with van der Waals surface area (Å²) in [6.07, 6.45) is 8.05. The van der Waals surface area contributed by atoms with Gasteiger partial charge in [-0.15, -0.1) is 0 Å². The summed E-state index contributed by atoms with van der Waals surface area (Å²) < 4.78 is 0. The van der Waals surface area contributed by atoms with Gasteiger partial charge in [0, 0.05) is 25.1 Å². The maximum Gasteiger partial charge on any atom is 0.254 e. The number of nitrogens with one attached hydrogen (secondary N) is 2. The second kappa shape index (κ2) is 8.71. The van der Waals surface area contributed by atoms with Crippen molar-refractivity contribution < 1.29 is 4.79 Å². The second-order valence-electron chi connectivity index (χ2n) is 4.93. The van der Waals surface area contributed by atoms with Gasteiger partial charge in [0.25, 0.3) is 5.91 Å². The zero-order valence-corrected chi connectivity index (χ0v) is 12.7. The van der Waals surface area contributed by atoms with E-state index in [9.17, 15) is 4.79 Å². The summed E-state index contributed by atoms with van der Waals surface area (Å²) in [5.74, 6) is 0.348.